The maximum absolute atomic E-state index is 2.41. The molecule has 1 atom stereocenters. The molecule has 1 rings (SSSR count). The molecule has 12 heavy (non-hydrogen) atoms. The SMILES string of the molecule is CC.CCC1CCCC(C)(C)C1. The Labute approximate surface area is 78.8 Å². The van der Waals surface area contributed by atoms with Crippen LogP contribution in [0.25, 0.3) is 0 Å². The summed E-state index contributed by atoms with van der Waals surface area (Å²) < 4.78 is 0. The highest BCUT2D eigenvalue weighted by Gasteiger charge is 2.26. The van der Waals surface area contributed by atoms with Gasteiger partial charge in [0.2, 0.25) is 0 Å². The summed E-state index contributed by atoms with van der Waals surface area (Å²) in [7, 11) is 0. The molecule has 0 amide bonds. The van der Waals surface area contributed by atoms with E-state index in [-0.39, 0.29) is 0 Å². The molecule has 1 aliphatic rings. The average Bonchev–Trinajstić information content (AvgIpc) is 2.06. The minimum atomic E-state index is 0.652. The van der Waals surface area contributed by atoms with Gasteiger partial charge in [0, 0.05) is 0 Å². The Hall–Kier alpha value is 0. The minimum Gasteiger partial charge on any atom is -0.0683 e. The molecular formula is C12H26. The molecule has 1 unspecified atom stereocenters. The average molecular weight is 170 g/mol. The summed E-state index contributed by atoms with van der Waals surface area (Å²) in [4.78, 5) is 0. The van der Waals surface area contributed by atoms with Crippen LogP contribution in [0.5, 0.6) is 0 Å². The van der Waals surface area contributed by atoms with Crippen molar-refractivity contribution in [2.45, 2.75) is 66.7 Å². The molecule has 0 aromatic carbocycles. The topological polar surface area (TPSA) is 0 Å². The molecule has 0 heteroatoms. The highest BCUT2D eigenvalue weighted by molar-refractivity contribution is 4.78. The molecule has 1 aliphatic carbocycles. The lowest BCUT2D eigenvalue weighted by molar-refractivity contribution is 0.177. The van der Waals surface area contributed by atoms with Gasteiger partial charge in [-0.25, -0.2) is 0 Å². The molecule has 0 spiro atoms. The molecule has 0 bridgehead atoms. The summed E-state index contributed by atoms with van der Waals surface area (Å²) >= 11 is 0. The Balaban J connectivity index is 0.000000561. The third-order valence-corrected chi connectivity index (χ3v) is 2.88. The predicted molar refractivity (Wildman–Crippen MR) is 57.4 cm³/mol. The van der Waals surface area contributed by atoms with Crippen LogP contribution < -0.4 is 0 Å². The lowest BCUT2D eigenvalue weighted by Crippen LogP contribution is -2.21. The largest absolute Gasteiger partial charge is 0.0683 e. The first-order valence-corrected chi connectivity index (χ1v) is 5.64. The number of hydrogen-bond acceptors (Lipinski definition) is 0. The van der Waals surface area contributed by atoms with E-state index in [4.69, 9.17) is 0 Å². The fourth-order valence-corrected chi connectivity index (χ4v) is 2.20. The van der Waals surface area contributed by atoms with E-state index in [1.807, 2.05) is 13.8 Å². The van der Waals surface area contributed by atoms with Gasteiger partial charge in [0.05, 0.1) is 0 Å². The Bertz CT molecular complexity index is 103. The molecule has 0 aromatic rings. The molecule has 1 saturated carbocycles. The second kappa shape index (κ2) is 5.61. The molecule has 74 valence electrons. The fourth-order valence-electron chi connectivity index (χ4n) is 2.20. The first-order chi connectivity index (χ1) is 5.64. The highest BCUT2D eigenvalue weighted by Crippen LogP contribution is 2.39. The first-order valence-electron chi connectivity index (χ1n) is 5.64. The normalized spacial score (nSPS) is 27.2. The summed E-state index contributed by atoms with van der Waals surface area (Å²) in [6.07, 6.45) is 7.25. The van der Waals surface area contributed by atoms with Gasteiger partial charge in [-0.2, -0.15) is 0 Å². The van der Waals surface area contributed by atoms with E-state index in [0.717, 1.165) is 5.92 Å². The van der Waals surface area contributed by atoms with Crippen LogP contribution >= 0.6 is 0 Å². The zero-order valence-electron chi connectivity index (χ0n) is 9.61. The molecule has 0 saturated heterocycles. The smallest absolute Gasteiger partial charge is 0.0352 e. The maximum Gasteiger partial charge on any atom is -0.0352 e. The van der Waals surface area contributed by atoms with E-state index >= 15 is 0 Å². The van der Waals surface area contributed by atoms with Crippen LogP contribution in [0.4, 0.5) is 0 Å². The Kier molecular flexibility index (Phi) is 5.61. The van der Waals surface area contributed by atoms with E-state index in [0.29, 0.717) is 5.41 Å². The van der Waals surface area contributed by atoms with Crippen molar-refractivity contribution in [1.29, 1.82) is 0 Å². The van der Waals surface area contributed by atoms with Gasteiger partial charge in [0.1, 0.15) is 0 Å². The molecule has 0 aromatic heterocycles. The second-order valence-corrected chi connectivity index (χ2v) is 4.53. The van der Waals surface area contributed by atoms with Gasteiger partial charge in [-0.05, 0) is 24.2 Å². The van der Waals surface area contributed by atoms with E-state index in [1.165, 1.54) is 32.1 Å². The van der Waals surface area contributed by atoms with Crippen LogP contribution in [-0.4, -0.2) is 0 Å². The molecule has 0 nitrogen and oxygen atoms in total. The van der Waals surface area contributed by atoms with Crippen molar-refractivity contribution >= 4 is 0 Å². The van der Waals surface area contributed by atoms with Crippen LogP contribution in [0.1, 0.15) is 66.7 Å². The van der Waals surface area contributed by atoms with Gasteiger partial charge < -0.3 is 0 Å². The zero-order chi connectivity index (χ0) is 9.61. The third-order valence-electron chi connectivity index (χ3n) is 2.88. The molecule has 0 aliphatic heterocycles. The monoisotopic (exact) mass is 170 g/mol. The standard InChI is InChI=1S/C10H20.C2H6/c1-4-9-6-5-7-10(2,3)8-9;1-2/h9H,4-8H2,1-3H3;1-2H3. The van der Waals surface area contributed by atoms with Crippen molar-refractivity contribution in [2.75, 3.05) is 0 Å². The number of hydrogen-bond donors (Lipinski definition) is 0. The first kappa shape index (κ1) is 12.0. The summed E-state index contributed by atoms with van der Waals surface area (Å²) in [6.45, 7) is 11.1. The van der Waals surface area contributed by atoms with Crippen LogP contribution in [0.15, 0.2) is 0 Å². The van der Waals surface area contributed by atoms with Crippen molar-refractivity contribution in [3.63, 3.8) is 0 Å². The minimum absolute atomic E-state index is 0.652. The van der Waals surface area contributed by atoms with Crippen molar-refractivity contribution in [3.05, 3.63) is 0 Å². The quantitative estimate of drug-likeness (QED) is 0.538. The van der Waals surface area contributed by atoms with Gasteiger partial charge in [-0.15, -0.1) is 0 Å². The van der Waals surface area contributed by atoms with Crippen LogP contribution in [0.3, 0.4) is 0 Å². The molecule has 1 fully saturated rings. The van der Waals surface area contributed by atoms with Gasteiger partial charge >= 0.3 is 0 Å². The van der Waals surface area contributed by atoms with E-state index in [1.54, 1.807) is 0 Å². The Morgan fingerprint density at radius 3 is 2.17 bits per heavy atom. The predicted octanol–water partition coefficient (Wildman–Crippen LogP) is 4.64. The van der Waals surface area contributed by atoms with Crippen molar-refractivity contribution in [1.82, 2.24) is 0 Å². The summed E-state index contributed by atoms with van der Waals surface area (Å²) in [5, 5.41) is 0. The summed E-state index contributed by atoms with van der Waals surface area (Å²) in [5.74, 6) is 1.03. The van der Waals surface area contributed by atoms with E-state index in [2.05, 4.69) is 20.8 Å². The molecule has 0 N–H and O–H groups in total. The van der Waals surface area contributed by atoms with Crippen LogP contribution in [-0.2, 0) is 0 Å². The second-order valence-electron chi connectivity index (χ2n) is 4.53. The van der Waals surface area contributed by atoms with Crippen LogP contribution in [0, 0.1) is 11.3 Å². The lowest BCUT2D eigenvalue weighted by atomic mass is 9.71. The summed E-state index contributed by atoms with van der Waals surface area (Å²) in [6, 6.07) is 0. The van der Waals surface area contributed by atoms with Crippen molar-refractivity contribution < 1.29 is 0 Å². The summed E-state index contributed by atoms with van der Waals surface area (Å²) in [5.41, 5.74) is 0.652. The van der Waals surface area contributed by atoms with Gasteiger partial charge in [-0.1, -0.05) is 53.9 Å². The Morgan fingerprint density at radius 2 is 1.83 bits per heavy atom. The highest BCUT2D eigenvalue weighted by atomic mass is 14.3. The van der Waals surface area contributed by atoms with Crippen molar-refractivity contribution in [2.24, 2.45) is 11.3 Å². The van der Waals surface area contributed by atoms with E-state index in [9.17, 15) is 0 Å². The van der Waals surface area contributed by atoms with Gasteiger partial charge in [0.15, 0.2) is 0 Å². The molecule has 0 radical (unpaired) electrons. The van der Waals surface area contributed by atoms with Gasteiger partial charge in [0.25, 0.3) is 0 Å². The third kappa shape index (κ3) is 4.13. The lowest BCUT2D eigenvalue weighted by Gasteiger charge is -2.34. The van der Waals surface area contributed by atoms with Crippen LogP contribution in [0.2, 0.25) is 0 Å². The Morgan fingerprint density at radius 1 is 1.25 bits per heavy atom. The zero-order valence-corrected chi connectivity index (χ0v) is 9.61. The molecular weight excluding hydrogens is 144 g/mol. The maximum atomic E-state index is 2.41. The molecule has 0 heterocycles. The van der Waals surface area contributed by atoms with Gasteiger partial charge in [-0.3, -0.25) is 0 Å². The van der Waals surface area contributed by atoms with E-state index < -0.39 is 0 Å². The van der Waals surface area contributed by atoms with Crippen molar-refractivity contribution in [3.8, 4) is 0 Å². The number of rotatable bonds is 1. The fraction of sp³-hybridized carbons (Fsp3) is 1.00.